The first kappa shape index (κ1) is 23.3. The highest BCUT2D eigenvalue weighted by atomic mass is 79.9. The number of aromatic nitrogens is 6. The molecule has 1 aliphatic rings. The molecule has 2 aromatic carbocycles. The molecule has 1 fully saturated rings. The highest BCUT2D eigenvalue weighted by Gasteiger charge is 2.47. The second-order valence-corrected chi connectivity index (χ2v) is 9.73. The Morgan fingerprint density at radius 2 is 1.26 bits per heavy atom. The summed E-state index contributed by atoms with van der Waals surface area (Å²) in [5.74, 6) is 0. The van der Waals surface area contributed by atoms with Gasteiger partial charge in [-0.05, 0) is 24.3 Å². The van der Waals surface area contributed by atoms with Gasteiger partial charge in [0, 0.05) is 20.1 Å². The molecule has 0 aliphatic carbocycles. The Morgan fingerprint density at radius 3 is 1.79 bits per heavy atom. The van der Waals surface area contributed by atoms with E-state index in [-0.39, 0.29) is 0 Å². The van der Waals surface area contributed by atoms with Gasteiger partial charge < -0.3 is 20.1 Å². The van der Waals surface area contributed by atoms with Crippen LogP contribution in [0.2, 0.25) is 0 Å². The molecule has 4 aromatic rings. The highest BCUT2D eigenvalue weighted by Crippen LogP contribution is 2.37. The molecule has 176 valence electrons. The molecule has 1 saturated heterocycles. The van der Waals surface area contributed by atoms with Gasteiger partial charge in [-0.3, -0.25) is 0 Å². The molecule has 10 nitrogen and oxygen atoms in total. The van der Waals surface area contributed by atoms with E-state index in [2.05, 4.69) is 52.5 Å². The van der Waals surface area contributed by atoms with Crippen LogP contribution in [0.1, 0.15) is 12.3 Å². The van der Waals surface area contributed by atoms with Crippen LogP contribution in [0.5, 0.6) is 0 Å². The molecule has 3 N–H and O–H groups in total. The Hall–Kier alpha value is -2.48. The minimum Gasteiger partial charge on any atom is -0.394 e. The molecule has 5 atom stereocenters. The zero-order valence-electron chi connectivity index (χ0n) is 17.6. The van der Waals surface area contributed by atoms with Crippen molar-refractivity contribution in [2.75, 3.05) is 6.61 Å². The largest absolute Gasteiger partial charge is 0.394 e. The van der Waals surface area contributed by atoms with E-state index in [0.29, 0.717) is 11.4 Å². The first-order valence-corrected chi connectivity index (χ1v) is 12.0. The summed E-state index contributed by atoms with van der Waals surface area (Å²) in [5.41, 5.74) is 2.88. The summed E-state index contributed by atoms with van der Waals surface area (Å²) in [6.07, 6.45) is -1.20. The maximum Gasteiger partial charge on any atom is 0.177 e. The van der Waals surface area contributed by atoms with Gasteiger partial charge in [0.25, 0.3) is 0 Å². The molecule has 1 aliphatic heterocycles. The number of nitrogens with zero attached hydrogens (tertiary/aromatic N) is 6. The van der Waals surface area contributed by atoms with Gasteiger partial charge >= 0.3 is 0 Å². The van der Waals surface area contributed by atoms with Gasteiger partial charge in [-0.1, -0.05) is 66.6 Å². The van der Waals surface area contributed by atoms with Gasteiger partial charge in [-0.15, -0.1) is 10.2 Å². The van der Waals surface area contributed by atoms with E-state index in [0.717, 1.165) is 20.1 Å². The summed E-state index contributed by atoms with van der Waals surface area (Å²) < 4.78 is 10.8. The third-order valence-electron chi connectivity index (χ3n) is 5.73. The van der Waals surface area contributed by atoms with Crippen LogP contribution >= 0.6 is 31.9 Å². The van der Waals surface area contributed by atoms with Crippen molar-refractivity contribution in [2.45, 2.75) is 30.6 Å². The summed E-state index contributed by atoms with van der Waals surface area (Å²) in [5, 5.41) is 48.1. The summed E-state index contributed by atoms with van der Waals surface area (Å²) >= 11 is 6.83. The highest BCUT2D eigenvalue weighted by molar-refractivity contribution is 9.10. The van der Waals surface area contributed by atoms with Gasteiger partial charge in [0.2, 0.25) is 0 Å². The normalized spacial score (nSPS) is 24.9. The van der Waals surface area contributed by atoms with E-state index in [1.54, 1.807) is 12.4 Å². The van der Waals surface area contributed by atoms with Crippen molar-refractivity contribution in [1.29, 1.82) is 0 Å². The lowest BCUT2D eigenvalue weighted by Gasteiger charge is -2.41. The molecular formula is C22H20Br2N6O4. The molecule has 3 heterocycles. The molecular weight excluding hydrogens is 572 g/mol. The first-order chi connectivity index (χ1) is 16.4. The Bertz CT molecular complexity index is 1260. The zero-order valence-corrected chi connectivity index (χ0v) is 20.7. The van der Waals surface area contributed by atoms with Crippen LogP contribution in [0.15, 0.2) is 69.9 Å². The molecule has 0 spiro atoms. The maximum atomic E-state index is 11.0. The molecule has 0 amide bonds. The van der Waals surface area contributed by atoms with Gasteiger partial charge in [-0.25, -0.2) is 9.36 Å². The van der Waals surface area contributed by atoms with Crippen molar-refractivity contribution in [3.05, 3.63) is 69.9 Å². The van der Waals surface area contributed by atoms with E-state index in [4.69, 9.17) is 4.74 Å². The van der Waals surface area contributed by atoms with E-state index >= 15 is 0 Å². The topological polar surface area (TPSA) is 131 Å². The summed E-state index contributed by atoms with van der Waals surface area (Å²) in [6, 6.07) is 14.3. The molecule has 0 saturated carbocycles. The standard InChI is InChI=1S/C22H20Br2N6O4/c23-14-5-1-12(2-6-14)16-9-29(27-25-16)19-21(33)20(32)18(11-31)34-22(19)30-10-17(26-28-30)13-3-7-15(24)8-4-13/h1-10,18-22,31-33H,11H2/t18-,19-,20-,21-,22-/m1/s1. The third kappa shape index (κ3) is 4.44. The summed E-state index contributed by atoms with van der Waals surface area (Å²) in [4.78, 5) is 0. The van der Waals surface area contributed by atoms with Gasteiger partial charge in [0.15, 0.2) is 6.23 Å². The van der Waals surface area contributed by atoms with Crippen molar-refractivity contribution >= 4 is 31.9 Å². The average Bonchev–Trinajstić information content (AvgIpc) is 3.52. The predicted octanol–water partition coefficient (Wildman–Crippen LogP) is 2.58. The van der Waals surface area contributed by atoms with E-state index < -0.39 is 37.2 Å². The molecule has 2 aromatic heterocycles. The van der Waals surface area contributed by atoms with Crippen LogP contribution in [-0.4, -0.2) is 70.2 Å². The average molecular weight is 592 g/mol. The van der Waals surface area contributed by atoms with Crippen molar-refractivity contribution in [1.82, 2.24) is 30.0 Å². The molecule has 12 heteroatoms. The first-order valence-electron chi connectivity index (χ1n) is 10.4. The number of hydrogen-bond donors (Lipinski definition) is 3. The summed E-state index contributed by atoms with van der Waals surface area (Å²) in [7, 11) is 0. The lowest BCUT2D eigenvalue weighted by atomic mass is 9.96. The van der Waals surface area contributed by atoms with Gasteiger partial charge in [0.1, 0.15) is 35.7 Å². The van der Waals surface area contributed by atoms with E-state index in [9.17, 15) is 15.3 Å². The third-order valence-corrected chi connectivity index (χ3v) is 6.79. The second-order valence-electron chi connectivity index (χ2n) is 7.90. The number of aliphatic hydroxyl groups is 3. The van der Waals surface area contributed by atoms with Crippen LogP contribution in [0.25, 0.3) is 22.5 Å². The second kappa shape index (κ2) is 9.64. The van der Waals surface area contributed by atoms with Gasteiger partial charge in [-0.2, -0.15) is 0 Å². The number of benzene rings is 2. The molecule has 0 radical (unpaired) electrons. The Labute approximate surface area is 211 Å². The van der Waals surface area contributed by atoms with Crippen molar-refractivity contribution in [3.8, 4) is 22.5 Å². The van der Waals surface area contributed by atoms with Crippen LogP contribution in [0, 0.1) is 0 Å². The fourth-order valence-electron chi connectivity index (χ4n) is 3.92. The Kier molecular flexibility index (Phi) is 6.60. The number of aliphatic hydroxyl groups excluding tert-OH is 3. The molecule has 34 heavy (non-hydrogen) atoms. The maximum absolute atomic E-state index is 11.0. The zero-order chi connectivity index (χ0) is 23.8. The monoisotopic (exact) mass is 590 g/mol. The van der Waals surface area contributed by atoms with Crippen LogP contribution in [0.3, 0.4) is 0 Å². The SMILES string of the molecule is OC[C@H]1O[C@@H](n2cc(-c3ccc(Br)cc3)nn2)[C@H](n2cc(-c3ccc(Br)cc3)nn2)[C@@H](O)[C@@H]1O. The minimum atomic E-state index is -1.33. The quantitative estimate of drug-likeness (QED) is 0.323. The number of rotatable bonds is 5. The molecule has 0 unspecified atom stereocenters. The summed E-state index contributed by atoms with van der Waals surface area (Å²) in [6.45, 7) is -0.475. The lowest BCUT2D eigenvalue weighted by molar-refractivity contribution is -0.231. The van der Waals surface area contributed by atoms with Gasteiger partial charge in [0.05, 0.1) is 19.0 Å². The smallest absolute Gasteiger partial charge is 0.177 e. The fourth-order valence-corrected chi connectivity index (χ4v) is 4.45. The Morgan fingerprint density at radius 1 is 0.765 bits per heavy atom. The van der Waals surface area contributed by atoms with Crippen LogP contribution < -0.4 is 0 Å². The van der Waals surface area contributed by atoms with Crippen LogP contribution in [-0.2, 0) is 4.74 Å². The molecule has 5 rings (SSSR count). The predicted molar refractivity (Wildman–Crippen MR) is 128 cm³/mol. The van der Waals surface area contributed by atoms with Crippen LogP contribution in [0.4, 0.5) is 0 Å². The lowest BCUT2D eigenvalue weighted by Crippen LogP contribution is -2.54. The number of halogens is 2. The Balaban J connectivity index is 1.50. The van der Waals surface area contributed by atoms with Crippen molar-refractivity contribution in [2.24, 2.45) is 0 Å². The number of ether oxygens (including phenoxy) is 1. The van der Waals surface area contributed by atoms with E-state index in [1.165, 1.54) is 9.36 Å². The van der Waals surface area contributed by atoms with Crippen molar-refractivity contribution in [3.63, 3.8) is 0 Å². The minimum absolute atomic E-state index is 0.475. The fraction of sp³-hybridized carbons (Fsp3) is 0.273. The van der Waals surface area contributed by atoms with E-state index in [1.807, 2.05) is 48.5 Å². The van der Waals surface area contributed by atoms with Crippen molar-refractivity contribution < 1.29 is 20.1 Å². The number of hydrogen-bond acceptors (Lipinski definition) is 8. The molecule has 0 bridgehead atoms.